The van der Waals surface area contributed by atoms with Crippen LogP contribution in [-0.2, 0) is 0 Å². The van der Waals surface area contributed by atoms with Crippen LogP contribution in [0.1, 0.15) is 29.0 Å². The molecule has 96 valence electrons. The van der Waals surface area contributed by atoms with Crippen LogP contribution in [-0.4, -0.2) is 18.6 Å². The second-order valence-corrected chi connectivity index (χ2v) is 5.20. The van der Waals surface area contributed by atoms with Gasteiger partial charge in [0.1, 0.15) is 0 Å². The first-order chi connectivity index (χ1) is 8.76. The van der Waals surface area contributed by atoms with E-state index in [2.05, 4.69) is 41.7 Å². The summed E-state index contributed by atoms with van der Waals surface area (Å²) in [5.41, 5.74) is 2.35. The molecule has 0 aromatic carbocycles. The maximum atomic E-state index is 5.35. The highest BCUT2D eigenvalue weighted by Crippen LogP contribution is 2.30. The molecule has 0 bridgehead atoms. The molecule has 1 atom stereocenters. The van der Waals surface area contributed by atoms with Gasteiger partial charge in [-0.1, -0.05) is 13.0 Å². The lowest BCUT2D eigenvalue weighted by Crippen LogP contribution is -2.22. The van der Waals surface area contributed by atoms with Crippen molar-refractivity contribution in [3.05, 3.63) is 45.8 Å². The smallest absolute Gasteiger partial charge is 0.218 e. The number of nitrogens with zero attached hydrogens (tertiary/aromatic N) is 1. The maximum absolute atomic E-state index is 5.35. The van der Waals surface area contributed by atoms with E-state index in [1.807, 2.05) is 6.07 Å². The summed E-state index contributed by atoms with van der Waals surface area (Å²) in [7, 11) is 1.66. The molecule has 2 rings (SSSR count). The summed E-state index contributed by atoms with van der Waals surface area (Å²) in [6.45, 7) is 5.13. The van der Waals surface area contributed by atoms with E-state index in [-0.39, 0.29) is 6.04 Å². The minimum atomic E-state index is 0.142. The van der Waals surface area contributed by atoms with Gasteiger partial charge >= 0.3 is 0 Å². The summed E-state index contributed by atoms with van der Waals surface area (Å²) in [4.78, 5) is 5.59. The number of hydrogen-bond donors (Lipinski definition) is 1. The Morgan fingerprint density at radius 2 is 2.33 bits per heavy atom. The Morgan fingerprint density at radius 3 is 2.94 bits per heavy atom. The molecule has 2 aromatic rings. The molecule has 0 aliphatic heterocycles. The van der Waals surface area contributed by atoms with Crippen LogP contribution < -0.4 is 10.1 Å². The van der Waals surface area contributed by atoms with E-state index < -0.39 is 0 Å². The fraction of sp³-hybridized carbons (Fsp3) is 0.357. The third kappa shape index (κ3) is 2.71. The van der Waals surface area contributed by atoms with Crippen molar-refractivity contribution in [3.63, 3.8) is 0 Å². The number of nitrogens with one attached hydrogen (secondary N) is 1. The zero-order valence-electron chi connectivity index (χ0n) is 10.9. The Labute approximate surface area is 112 Å². The fourth-order valence-corrected chi connectivity index (χ4v) is 2.75. The van der Waals surface area contributed by atoms with Gasteiger partial charge in [-0.2, -0.15) is 0 Å². The normalized spacial score (nSPS) is 12.4. The molecule has 2 aromatic heterocycles. The summed E-state index contributed by atoms with van der Waals surface area (Å²) < 4.78 is 5.35. The minimum absolute atomic E-state index is 0.142. The zero-order valence-corrected chi connectivity index (χ0v) is 11.8. The molecule has 3 nitrogen and oxygen atoms in total. The first-order valence-corrected chi connectivity index (χ1v) is 6.91. The van der Waals surface area contributed by atoms with Gasteiger partial charge in [0.2, 0.25) is 5.88 Å². The topological polar surface area (TPSA) is 34.2 Å². The van der Waals surface area contributed by atoms with E-state index in [0.29, 0.717) is 5.88 Å². The van der Waals surface area contributed by atoms with Crippen LogP contribution in [0.25, 0.3) is 0 Å². The number of hydrogen-bond acceptors (Lipinski definition) is 4. The molecule has 0 amide bonds. The van der Waals surface area contributed by atoms with Crippen molar-refractivity contribution in [2.24, 2.45) is 0 Å². The van der Waals surface area contributed by atoms with Crippen LogP contribution in [0.15, 0.2) is 29.8 Å². The monoisotopic (exact) mass is 262 g/mol. The van der Waals surface area contributed by atoms with E-state index in [1.165, 1.54) is 10.4 Å². The van der Waals surface area contributed by atoms with Gasteiger partial charge in [-0.15, -0.1) is 11.3 Å². The van der Waals surface area contributed by atoms with E-state index in [1.54, 1.807) is 24.6 Å². The summed E-state index contributed by atoms with van der Waals surface area (Å²) in [5, 5.41) is 5.68. The summed E-state index contributed by atoms with van der Waals surface area (Å²) in [6.07, 6.45) is 1.75. The highest BCUT2D eigenvalue weighted by atomic mass is 32.1. The molecular formula is C14H18N2OS. The molecule has 0 fully saturated rings. The third-order valence-corrected chi connectivity index (χ3v) is 3.68. The standard InChI is InChI=1S/C14H18N2OS/c1-4-15-13(11-8-10(2)18-9-11)12-6-5-7-16-14(12)17-3/h5-9,13,15H,4H2,1-3H3. The lowest BCUT2D eigenvalue weighted by atomic mass is 10.0. The van der Waals surface area contributed by atoms with Gasteiger partial charge in [0.25, 0.3) is 0 Å². The van der Waals surface area contributed by atoms with Gasteiger partial charge in [-0.25, -0.2) is 4.98 Å². The quantitative estimate of drug-likeness (QED) is 0.898. The lowest BCUT2D eigenvalue weighted by Gasteiger charge is -2.19. The molecule has 4 heteroatoms. The highest BCUT2D eigenvalue weighted by Gasteiger charge is 2.18. The maximum Gasteiger partial charge on any atom is 0.218 e. The molecule has 0 saturated carbocycles. The molecule has 0 spiro atoms. The minimum Gasteiger partial charge on any atom is -0.481 e. The number of aromatic nitrogens is 1. The van der Waals surface area contributed by atoms with Gasteiger partial charge in [0.05, 0.1) is 13.2 Å². The van der Waals surface area contributed by atoms with Crippen LogP contribution in [0.5, 0.6) is 5.88 Å². The fourth-order valence-electron chi connectivity index (χ4n) is 2.02. The van der Waals surface area contributed by atoms with Crippen molar-refractivity contribution in [2.45, 2.75) is 19.9 Å². The summed E-state index contributed by atoms with van der Waals surface area (Å²) in [5.74, 6) is 0.687. The second kappa shape index (κ2) is 5.98. The summed E-state index contributed by atoms with van der Waals surface area (Å²) >= 11 is 1.77. The Morgan fingerprint density at radius 1 is 1.50 bits per heavy atom. The van der Waals surface area contributed by atoms with E-state index in [4.69, 9.17) is 4.74 Å². The van der Waals surface area contributed by atoms with Crippen LogP contribution in [0, 0.1) is 6.92 Å². The Balaban J connectivity index is 2.41. The number of thiophene rings is 1. The van der Waals surface area contributed by atoms with Crippen LogP contribution in [0.2, 0.25) is 0 Å². The molecule has 0 aliphatic carbocycles. The van der Waals surface area contributed by atoms with Crippen molar-refractivity contribution in [1.82, 2.24) is 10.3 Å². The molecule has 0 radical (unpaired) electrons. The van der Waals surface area contributed by atoms with Crippen molar-refractivity contribution >= 4 is 11.3 Å². The largest absolute Gasteiger partial charge is 0.481 e. The van der Waals surface area contributed by atoms with Crippen molar-refractivity contribution < 1.29 is 4.74 Å². The summed E-state index contributed by atoms with van der Waals surface area (Å²) in [6, 6.07) is 6.36. The molecular weight excluding hydrogens is 244 g/mol. The molecule has 18 heavy (non-hydrogen) atoms. The third-order valence-electron chi connectivity index (χ3n) is 2.80. The number of pyridine rings is 1. The van der Waals surface area contributed by atoms with Gasteiger partial charge in [-0.05, 0) is 36.5 Å². The Bertz CT molecular complexity index is 510. The average molecular weight is 262 g/mol. The van der Waals surface area contributed by atoms with E-state index >= 15 is 0 Å². The van der Waals surface area contributed by atoms with Gasteiger partial charge < -0.3 is 10.1 Å². The van der Waals surface area contributed by atoms with Crippen LogP contribution >= 0.6 is 11.3 Å². The predicted molar refractivity (Wildman–Crippen MR) is 75.4 cm³/mol. The molecule has 1 N–H and O–H groups in total. The van der Waals surface area contributed by atoms with Gasteiger partial charge in [0, 0.05) is 16.6 Å². The number of methoxy groups -OCH3 is 1. The number of ether oxygens (including phenoxy) is 1. The molecule has 1 unspecified atom stereocenters. The second-order valence-electron chi connectivity index (χ2n) is 4.08. The van der Waals surface area contributed by atoms with Crippen molar-refractivity contribution in [3.8, 4) is 5.88 Å². The van der Waals surface area contributed by atoms with E-state index in [9.17, 15) is 0 Å². The number of aryl methyl sites for hydroxylation is 1. The first kappa shape index (κ1) is 13.1. The Kier molecular flexibility index (Phi) is 4.33. The molecule has 0 saturated heterocycles. The van der Waals surface area contributed by atoms with Gasteiger partial charge in [0.15, 0.2) is 0 Å². The van der Waals surface area contributed by atoms with Crippen LogP contribution in [0.4, 0.5) is 0 Å². The van der Waals surface area contributed by atoms with Gasteiger partial charge in [-0.3, -0.25) is 0 Å². The zero-order chi connectivity index (χ0) is 13.0. The lowest BCUT2D eigenvalue weighted by molar-refractivity contribution is 0.387. The Hall–Kier alpha value is -1.39. The molecule has 2 heterocycles. The predicted octanol–water partition coefficient (Wildman–Crippen LogP) is 3.16. The van der Waals surface area contributed by atoms with Crippen molar-refractivity contribution in [1.29, 1.82) is 0 Å². The van der Waals surface area contributed by atoms with Crippen LogP contribution in [0.3, 0.4) is 0 Å². The first-order valence-electron chi connectivity index (χ1n) is 6.03. The van der Waals surface area contributed by atoms with Crippen molar-refractivity contribution in [2.75, 3.05) is 13.7 Å². The highest BCUT2D eigenvalue weighted by molar-refractivity contribution is 7.10. The van der Waals surface area contributed by atoms with E-state index in [0.717, 1.165) is 12.1 Å². The SMILES string of the molecule is CCNC(c1csc(C)c1)c1cccnc1OC. The molecule has 0 aliphatic rings. The number of rotatable bonds is 5. The average Bonchev–Trinajstić information content (AvgIpc) is 2.82.